The lowest BCUT2D eigenvalue weighted by atomic mass is 9.93. The summed E-state index contributed by atoms with van der Waals surface area (Å²) >= 11 is 0.919. The molecule has 1 atom stereocenters. The van der Waals surface area contributed by atoms with Gasteiger partial charge in [0, 0.05) is 0 Å². The van der Waals surface area contributed by atoms with Gasteiger partial charge in [0.1, 0.15) is 16.0 Å². The Balaban J connectivity index is 2.04. The molecule has 0 spiro atoms. The van der Waals surface area contributed by atoms with Crippen LogP contribution in [0, 0.1) is 0 Å². The van der Waals surface area contributed by atoms with Crippen LogP contribution in [0.25, 0.3) is 0 Å². The quantitative estimate of drug-likeness (QED) is 0.852. The van der Waals surface area contributed by atoms with E-state index in [1.54, 1.807) is 0 Å². The Morgan fingerprint density at radius 2 is 2.16 bits per heavy atom. The Labute approximate surface area is 110 Å². The predicted molar refractivity (Wildman–Crippen MR) is 59.7 cm³/mol. The third-order valence-electron chi connectivity index (χ3n) is 2.81. The van der Waals surface area contributed by atoms with Gasteiger partial charge in [-0.25, -0.2) is 4.98 Å². The van der Waals surface area contributed by atoms with E-state index in [0.29, 0.717) is 5.01 Å². The highest BCUT2D eigenvalue weighted by molar-refractivity contribution is 7.13. The lowest BCUT2D eigenvalue weighted by Gasteiger charge is -2.46. The highest BCUT2D eigenvalue weighted by atomic mass is 32.1. The minimum atomic E-state index is -4.75. The van der Waals surface area contributed by atoms with E-state index in [2.05, 4.69) is 4.98 Å². The van der Waals surface area contributed by atoms with Gasteiger partial charge >= 0.3 is 6.18 Å². The third-order valence-corrected chi connectivity index (χ3v) is 3.97. The summed E-state index contributed by atoms with van der Waals surface area (Å²) in [6.07, 6.45) is -4.38. The first-order valence-electron chi connectivity index (χ1n) is 5.36. The van der Waals surface area contributed by atoms with Crippen molar-refractivity contribution in [2.45, 2.75) is 24.8 Å². The van der Waals surface area contributed by atoms with Gasteiger partial charge in [-0.3, -0.25) is 4.79 Å². The summed E-state index contributed by atoms with van der Waals surface area (Å²) in [4.78, 5) is 16.6. The number of aliphatic hydroxyl groups is 2. The molecule has 1 aromatic rings. The van der Waals surface area contributed by atoms with E-state index >= 15 is 0 Å². The summed E-state index contributed by atoms with van der Waals surface area (Å²) in [6.45, 7) is -0.0897. The van der Waals surface area contributed by atoms with E-state index in [0.717, 1.165) is 16.2 Å². The zero-order chi connectivity index (χ0) is 14.4. The van der Waals surface area contributed by atoms with Gasteiger partial charge in [0.2, 0.25) is 0 Å². The number of halogens is 3. The molecule has 1 aliphatic rings. The van der Waals surface area contributed by atoms with Crippen molar-refractivity contribution in [1.29, 1.82) is 0 Å². The summed E-state index contributed by atoms with van der Waals surface area (Å²) < 4.78 is 37.2. The Morgan fingerprint density at radius 3 is 2.58 bits per heavy atom. The molecular formula is C10H11F3N2O3S. The second kappa shape index (κ2) is 4.43. The van der Waals surface area contributed by atoms with Crippen molar-refractivity contribution in [3.05, 3.63) is 16.1 Å². The molecule has 2 heterocycles. The maximum atomic E-state index is 12.4. The zero-order valence-electron chi connectivity index (χ0n) is 9.81. The summed E-state index contributed by atoms with van der Waals surface area (Å²) in [5, 5.41) is 18.8. The SMILES string of the molecule is CC(O)c1ncc(C(=O)N2CC(O)(C(F)(F)F)C2)s1. The monoisotopic (exact) mass is 296 g/mol. The fourth-order valence-electron chi connectivity index (χ4n) is 1.64. The molecule has 1 aliphatic heterocycles. The molecule has 19 heavy (non-hydrogen) atoms. The minimum absolute atomic E-state index is 0.139. The molecule has 1 unspecified atom stereocenters. The van der Waals surface area contributed by atoms with Crippen LogP contribution in [0.15, 0.2) is 6.20 Å². The van der Waals surface area contributed by atoms with Gasteiger partial charge in [0.15, 0.2) is 5.60 Å². The number of aromatic nitrogens is 1. The van der Waals surface area contributed by atoms with Crippen LogP contribution in [0.5, 0.6) is 0 Å². The average molecular weight is 296 g/mol. The van der Waals surface area contributed by atoms with Crippen LogP contribution < -0.4 is 0 Å². The van der Waals surface area contributed by atoms with Crippen LogP contribution in [0.3, 0.4) is 0 Å². The number of β-amino-alcohol motifs (C(OH)–C–C–N with tert-alkyl or cyclic N) is 1. The molecule has 1 saturated heterocycles. The molecule has 0 aliphatic carbocycles. The van der Waals surface area contributed by atoms with E-state index in [9.17, 15) is 28.2 Å². The fraction of sp³-hybridized carbons (Fsp3) is 0.600. The van der Waals surface area contributed by atoms with E-state index < -0.39 is 36.9 Å². The molecule has 0 radical (unpaired) electrons. The standard InChI is InChI=1S/C10H11F3N2O3S/c1-5(16)7-14-2-6(19-7)8(17)15-3-9(18,4-15)10(11,12)13/h2,5,16,18H,3-4H2,1H3. The third kappa shape index (κ3) is 2.45. The number of amides is 1. The number of alkyl halides is 3. The molecule has 5 nitrogen and oxygen atoms in total. The first-order valence-corrected chi connectivity index (χ1v) is 6.18. The lowest BCUT2D eigenvalue weighted by Crippen LogP contribution is -2.70. The Hall–Kier alpha value is -1.19. The largest absolute Gasteiger partial charge is 0.420 e. The van der Waals surface area contributed by atoms with Gasteiger partial charge in [0.05, 0.1) is 19.3 Å². The van der Waals surface area contributed by atoms with Crippen molar-refractivity contribution in [2.75, 3.05) is 13.1 Å². The molecule has 0 aromatic carbocycles. The maximum absolute atomic E-state index is 12.4. The second-order valence-electron chi connectivity index (χ2n) is 4.43. The lowest BCUT2D eigenvalue weighted by molar-refractivity contribution is -0.294. The maximum Gasteiger partial charge on any atom is 0.420 e. The van der Waals surface area contributed by atoms with Crippen LogP contribution in [0.2, 0.25) is 0 Å². The number of aliphatic hydroxyl groups excluding tert-OH is 1. The first kappa shape index (κ1) is 14.2. The number of carbonyl (C=O) groups is 1. The summed E-state index contributed by atoms with van der Waals surface area (Å²) in [5.41, 5.74) is -2.82. The van der Waals surface area contributed by atoms with Crippen molar-refractivity contribution in [2.24, 2.45) is 0 Å². The highest BCUT2D eigenvalue weighted by Gasteiger charge is 2.62. The number of likely N-dealkylation sites (tertiary alicyclic amines) is 1. The number of nitrogens with zero attached hydrogens (tertiary/aromatic N) is 2. The second-order valence-corrected chi connectivity index (χ2v) is 5.49. The molecular weight excluding hydrogens is 285 g/mol. The fourth-order valence-corrected chi connectivity index (χ4v) is 2.47. The molecule has 0 bridgehead atoms. The Bertz CT molecular complexity index is 494. The first-order chi connectivity index (χ1) is 8.64. The van der Waals surface area contributed by atoms with E-state index in [1.807, 2.05) is 0 Å². The molecule has 106 valence electrons. The van der Waals surface area contributed by atoms with Crippen molar-refractivity contribution < 1.29 is 28.2 Å². The molecule has 2 N–H and O–H groups in total. The molecule has 2 rings (SSSR count). The normalized spacial score (nSPS) is 20.0. The molecule has 1 fully saturated rings. The van der Waals surface area contributed by atoms with Crippen molar-refractivity contribution >= 4 is 17.2 Å². The van der Waals surface area contributed by atoms with E-state index in [1.165, 1.54) is 13.1 Å². The number of thiazole rings is 1. The summed E-state index contributed by atoms with van der Waals surface area (Å²) in [6, 6.07) is 0. The van der Waals surface area contributed by atoms with Crippen LogP contribution in [-0.4, -0.2) is 50.9 Å². The number of hydrogen-bond donors (Lipinski definition) is 2. The topological polar surface area (TPSA) is 73.7 Å². The van der Waals surface area contributed by atoms with Crippen molar-refractivity contribution in [1.82, 2.24) is 9.88 Å². The molecule has 9 heteroatoms. The van der Waals surface area contributed by atoms with E-state index in [-0.39, 0.29) is 4.88 Å². The number of rotatable bonds is 2. The molecule has 0 saturated carbocycles. The number of carbonyl (C=O) groups excluding carboxylic acids is 1. The minimum Gasteiger partial charge on any atom is -0.386 e. The molecule has 1 aromatic heterocycles. The summed E-state index contributed by atoms with van der Waals surface area (Å²) in [7, 11) is 0. The van der Waals surface area contributed by atoms with Crippen LogP contribution in [-0.2, 0) is 0 Å². The average Bonchev–Trinajstić information content (AvgIpc) is 2.71. The summed E-state index contributed by atoms with van der Waals surface area (Å²) in [5.74, 6) is -0.627. The van der Waals surface area contributed by atoms with Crippen molar-refractivity contribution in [3.63, 3.8) is 0 Å². The van der Waals surface area contributed by atoms with Crippen molar-refractivity contribution in [3.8, 4) is 0 Å². The Kier molecular flexibility index (Phi) is 3.31. The zero-order valence-corrected chi connectivity index (χ0v) is 10.6. The Morgan fingerprint density at radius 1 is 1.58 bits per heavy atom. The van der Waals surface area contributed by atoms with Gasteiger partial charge in [-0.2, -0.15) is 13.2 Å². The van der Waals surface area contributed by atoms with Gasteiger partial charge < -0.3 is 15.1 Å². The molecule has 1 amide bonds. The van der Waals surface area contributed by atoms with Gasteiger partial charge in [0.25, 0.3) is 5.91 Å². The predicted octanol–water partition coefficient (Wildman–Crippen LogP) is 0.946. The van der Waals surface area contributed by atoms with Crippen LogP contribution >= 0.6 is 11.3 Å². The van der Waals surface area contributed by atoms with Gasteiger partial charge in [-0.05, 0) is 6.92 Å². The van der Waals surface area contributed by atoms with Gasteiger partial charge in [-0.15, -0.1) is 11.3 Å². The van der Waals surface area contributed by atoms with Crippen LogP contribution in [0.1, 0.15) is 27.7 Å². The smallest absolute Gasteiger partial charge is 0.386 e. The van der Waals surface area contributed by atoms with E-state index in [4.69, 9.17) is 0 Å². The number of hydrogen-bond acceptors (Lipinski definition) is 5. The van der Waals surface area contributed by atoms with Crippen LogP contribution in [0.4, 0.5) is 13.2 Å². The van der Waals surface area contributed by atoms with Gasteiger partial charge in [-0.1, -0.05) is 0 Å². The highest BCUT2D eigenvalue weighted by Crippen LogP contribution is 2.38.